The molecule has 6 rings (SSSR count). The Morgan fingerprint density at radius 1 is 1.16 bits per heavy atom. The molecule has 2 aliphatic heterocycles. The fourth-order valence-corrected chi connectivity index (χ4v) is 9.48. The number of fused-ring (bicyclic) bond motifs is 4. The number of aliphatic hydroxyl groups excluding tert-OH is 1. The number of nitrogens with zero attached hydrogens (tertiary/aromatic N) is 1. The van der Waals surface area contributed by atoms with E-state index in [9.17, 15) is 18.3 Å². The van der Waals surface area contributed by atoms with Crippen LogP contribution >= 0.6 is 11.6 Å². The third-order valence-corrected chi connectivity index (χ3v) is 12.3. The lowest BCUT2D eigenvalue weighted by molar-refractivity contribution is 0.00690. The molecule has 2 heterocycles. The zero-order chi connectivity index (χ0) is 30.4. The van der Waals surface area contributed by atoms with Gasteiger partial charge in [0.15, 0.2) is 0 Å². The second-order valence-electron chi connectivity index (χ2n) is 13.3. The minimum Gasteiger partial charge on any atom is -0.490 e. The summed E-state index contributed by atoms with van der Waals surface area (Å²) in [7, 11) is -2.54. The van der Waals surface area contributed by atoms with Crippen LogP contribution in [0.1, 0.15) is 73.4 Å². The van der Waals surface area contributed by atoms with Crippen LogP contribution in [0.15, 0.2) is 36.4 Å². The van der Waals surface area contributed by atoms with Gasteiger partial charge in [0.05, 0.1) is 25.0 Å². The van der Waals surface area contributed by atoms with E-state index in [4.69, 9.17) is 21.1 Å². The normalized spacial score (nSPS) is 32.4. The molecule has 0 saturated heterocycles. The predicted octanol–water partition coefficient (Wildman–Crippen LogP) is 5.09. The van der Waals surface area contributed by atoms with Crippen LogP contribution in [0.4, 0.5) is 5.69 Å². The number of carbonyl (C=O) groups is 1. The number of hydrogen-bond acceptors (Lipinski definition) is 7. The Hall–Kier alpha value is -2.33. The van der Waals surface area contributed by atoms with Crippen molar-refractivity contribution in [2.45, 2.75) is 75.1 Å². The van der Waals surface area contributed by atoms with Gasteiger partial charge in [-0.15, -0.1) is 0 Å². The van der Waals surface area contributed by atoms with Crippen molar-refractivity contribution in [2.75, 3.05) is 38.3 Å². The number of halogens is 1. The van der Waals surface area contributed by atoms with Gasteiger partial charge < -0.3 is 19.5 Å². The fourth-order valence-electron chi connectivity index (χ4n) is 7.84. The molecule has 10 heteroatoms. The van der Waals surface area contributed by atoms with Gasteiger partial charge in [-0.05, 0) is 111 Å². The van der Waals surface area contributed by atoms with E-state index in [1.54, 1.807) is 18.2 Å². The van der Waals surface area contributed by atoms with E-state index in [1.807, 2.05) is 13.0 Å². The Bertz CT molecular complexity index is 1470. The van der Waals surface area contributed by atoms with Crippen LogP contribution in [0, 0.1) is 17.8 Å². The Labute approximate surface area is 260 Å². The average Bonchev–Trinajstić information content (AvgIpc) is 3.10. The number of carbonyl (C=O) groups excluding carboxylic acids is 1. The zero-order valence-corrected chi connectivity index (χ0v) is 26.6. The highest BCUT2D eigenvalue weighted by Gasteiger charge is 2.44. The number of rotatable bonds is 2. The number of methoxy groups -OCH3 is 1. The Morgan fingerprint density at radius 2 is 2.00 bits per heavy atom. The standard InChI is InChI=1S/C33H43ClN2O6S/c1-21-5-11-30(37)27-9-6-24(27)17-36-19-33(13-3-4-22-15-25(34)8-10-28(22)33)20-42-31-12-7-23(16-29(31)36)32(38)35-43(39,40)26(14-21)18-41-2/h7-8,10,12,15-16,21,24,26-27,30,37H,3-6,9,11,13-14,17-20H2,1-2H3,(H,35,38)/t21-,24-,26-,27+,30-,33-/m0/s1. The Balaban J connectivity index is 1.40. The number of benzene rings is 2. The lowest BCUT2D eigenvalue weighted by Crippen LogP contribution is -2.49. The Kier molecular flexibility index (Phi) is 8.72. The summed E-state index contributed by atoms with van der Waals surface area (Å²) in [5.74, 6) is 0.569. The maximum Gasteiger partial charge on any atom is 0.264 e. The molecule has 1 fully saturated rings. The average molecular weight is 631 g/mol. The van der Waals surface area contributed by atoms with Crippen LogP contribution in [-0.4, -0.2) is 64.2 Å². The van der Waals surface area contributed by atoms with Crippen molar-refractivity contribution in [3.05, 3.63) is 58.1 Å². The highest BCUT2D eigenvalue weighted by atomic mass is 35.5. The Morgan fingerprint density at radius 3 is 2.77 bits per heavy atom. The van der Waals surface area contributed by atoms with E-state index in [0.717, 1.165) is 49.4 Å². The highest BCUT2D eigenvalue weighted by molar-refractivity contribution is 7.90. The predicted molar refractivity (Wildman–Crippen MR) is 168 cm³/mol. The second kappa shape index (κ2) is 12.2. The summed E-state index contributed by atoms with van der Waals surface area (Å²) in [6, 6.07) is 11.4. The molecule has 0 radical (unpaired) electrons. The van der Waals surface area contributed by atoms with E-state index >= 15 is 0 Å². The number of amides is 1. The number of hydrogen-bond donors (Lipinski definition) is 2. The van der Waals surface area contributed by atoms with Gasteiger partial charge >= 0.3 is 0 Å². The van der Waals surface area contributed by atoms with Crippen LogP contribution in [0.5, 0.6) is 5.75 Å². The molecular formula is C33H43ClN2O6S. The van der Waals surface area contributed by atoms with Gasteiger partial charge in [0.25, 0.3) is 5.91 Å². The third kappa shape index (κ3) is 6.15. The third-order valence-electron chi connectivity index (χ3n) is 10.4. The lowest BCUT2D eigenvalue weighted by Gasteiger charge is -2.46. The number of nitrogens with one attached hydrogen (secondary N) is 1. The molecule has 43 heavy (non-hydrogen) atoms. The van der Waals surface area contributed by atoms with Crippen molar-refractivity contribution in [3.8, 4) is 5.75 Å². The molecule has 6 atom stereocenters. The lowest BCUT2D eigenvalue weighted by atomic mass is 9.68. The maximum atomic E-state index is 13.5. The van der Waals surface area contributed by atoms with Gasteiger partial charge in [-0.2, -0.15) is 0 Å². The summed E-state index contributed by atoms with van der Waals surface area (Å²) in [5.41, 5.74) is 3.31. The van der Waals surface area contributed by atoms with Gasteiger partial charge in [0.1, 0.15) is 11.0 Å². The van der Waals surface area contributed by atoms with Crippen molar-refractivity contribution < 1.29 is 27.8 Å². The smallest absolute Gasteiger partial charge is 0.264 e. The number of aliphatic hydroxyl groups is 1. The summed E-state index contributed by atoms with van der Waals surface area (Å²) in [6.07, 6.45) is 6.22. The van der Waals surface area contributed by atoms with Gasteiger partial charge in [0, 0.05) is 36.2 Å². The summed E-state index contributed by atoms with van der Waals surface area (Å²) in [4.78, 5) is 15.8. The first-order valence-electron chi connectivity index (χ1n) is 15.6. The van der Waals surface area contributed by atoms with Crippen LogP contribution in [0.2, 0.25) is 5.02 Å². The molecule has 2 aromatic carbocycles. The molecule has 1 spiro atoms. The van der Waals surface area contributed by atoms with Gasteiger partial charge in [-0.1, -0.05) is 24.6 Å². The number of sulfonamides is 1. The van der Waals surface area contributed by atoms with Gasteiger partial charge in [0.2, 0.25) is 10.0 Å². The molecule has 8 nitrogen and oxygen atoms in total. The van der Waals surface area contributed by atoms with Gasteiger partial charge in [-0.3, -0.25) is 4.79 Å². The summed E-state index contributed by atoms with van der Waals surface area (Å²) in [5, 5.41) is 11.2. The molecule has 4 aliphatic rings. The van der Waals surface area contributed by atoms with E-state index in [0.29, 0.717) is 44.1 Å². The number of aryl methyl sites for hydroxylation is 1. The van der Waals surface area contributed by atoms with E-state index in [-0.39, 0.29) is 29.4 Å². The first kappa shape index (κ1) is 30.7. The van der Waals surface area contributed by atoms with Crippen molar-refractivity contribution in [2.24, 2.45) is 17.8 Å². The first-order valence-corrected chi connectivity index (χ1v) is 17.5. The van der Waals surface area contributed by atoms with Crippen molar-refractivity contribution >= 4 is 33.2 Å². The molecule has 1 saturated carbocycles. The van der Waals surface area contributed by atoms with Crippen LogP contribution in [0.25, 0.3) is 0 Å². The van der Waals surface area contributed by atoms with E-state index in [1.165, 1.54) is 18.2 Å². The quantitative estimate of drug-likeness (QED) is 0.476. The molecule has 234 valence electrons. The van der Waals surface area contributed by atoms with Crippen molar-refractivity contribution in [1.82, 2.24) is 4.72 Å². The largest absolute Gasteiger partial charge is 0.490 e. The zero-order valence-electron chi connectivity index (χ0n) is 25.1. The maximum absolute atomic E-state index is 13.5. The number of anilines is 1. The molecule has 2 N–H and O–H groups in total. The van der Waals surface area contributed by atoms with Gasteiger partial charge in [-0.25, -0.2) is 13.1 Å². The highest BCUT2D eigenvalue weighted by Crippen LogP contribution is 2.47. The molecule has 2 bridgehead atoms. The first-order chi connectivity index (χ1) is 20.6. The van der Waals surface area contributed by atoms with Crippen LogP contribution < -0.4 is 14.4 Å². The summed E-state index contributed by atoms with van der Waals surface area (Å²) >= 11 is 6.39. The molecular weight excluding hydrogens is 588 g/mol. The van der Waals surface area contributed by atoms with Crippen molar-refractivity contribution in [3.63, 3.8) is 0 Å². The molecule has 0 aromatic heterocycles. The van der Waals surface area contributed by atoms with E-state index in [2.05, 4.69) is 21.8 Å². The fraction of sp³-hybridized carbons (Fsp3) is 0.606. The van der Waals surface area contributed by atoms with Crippen molar-refractivity contribution in [1.29, 1.82) is 0 Å². The van der Waals surface area contributed by atoms with Crippen LogP contribution in [-0.2, 0) is 26.6 Å². The molecule has 1 amide bonds. The summed E-state index contributed by atoms with van der Waals surface area (Å²) < 4.78 is 40.9. The molecule has 0 unspecified atom stereocenters. The minimum atomic E-state index is -4.01. The monoisotopic (exact) mass is 630 g/mol. The SMILES string of the molecule is COC[C@@H]1C[C@@H](C)CC[C@H](O)[C@@H]2CC[C@H]2CN2C[C@@]3(CCCc4cc(Cl)ccc43)COc3ccc(cc32)C(=O)NS1(=O)=O. The molecule has 2 aliphatic carbocycles. The second-order valence-corrected chi connectivity index (χ2v) is 15.7. The topological polar surface area (TPSA) is 105 Å². The number of ether oxygens (including phenoxy) is 2. The summed E-state index contributed by atoms with van der Waals surface area (Å²) in [6.45, 7) is 3.92. The van der Waals surface area contributed by atoms with E-state index < -0.39 is 27.3 Å². The van der Waals surface area contributed by atoms with Crippen LogP contribution in [0.3, 0.4) is 0 Å². The minimum absolute atomic E-state index is 0.0131. The molecule has 2 aromatic rings.